The summed E-state index contributed by atoms with van der Waals surface area (Å²) in [5.41, 5.74) is 2.14. The minimum atomic E-state index is -0.500. The molecular weight excluding hydrogens is 426 g/mol. The number of benzene rings is 1. The van der Waals surface area contributed by atoms with Crippen LogP contribution in [0.3, 0.4) is 0 Å². The Hall–Kier alpha value is -2.61. The van der Waals surface area contributed by atoms with Crippen molar-refractivity contribution in [3.63, 3.8) is 0 Å². The largest absolute Gasteiger partial charge is 0.497 e. The number of anilines is 1. The smallest absolute Gasteiger partial charge is 0.328 e. The summed E-state index contributed by atoms with van der Waals surface area (Å²) in [7, 11) is 3.01. The highest BCUT2D eigenvalue weighted by Crippen LogP contribution is 2.40. The SMILES string of the molecule is CCCCC(Nc1ncnc2oc(Br)c(-c3ccc(OC)cc3)c12)C(=O)OC. The molecule has 1 N–H and O–H groups in total. The minimum Gasteiger partial charge on any atom is -0.497 e. The van der Waals surface area contributed by atoms with E-state index in [1.165, 1.54) is 13.4 Å². The normalized spacial score (nSPS) is 12.0. The Labute approximate surface area is 171 Å². The molecule has 0 aliphatic heterocycles. The Bertz CT molecular complexity index is 956. The first-order valence-corrected chi connectivity index (χ1v) is 9.80. The number of rotatable bonds is 8. The molecule has 0 fully saturated rings. The van der Waals surface area contributed by atoms with Gasteiger partial charge in [-0.05, 0) is 40.0 Å². The number of carbonyl (C=O) groups is 1. The summed E-state index contributed by atoms with van der Waals surface area (Å²) in [6, 6.07) is 7.10. The summed E-state index contributed by atoms with van der Waals surface area (Å²) in [5.74, 6) is 0.957. The van der Waals surface area contributed by atoms with Crippen molar-refractivity contribution in [1.82, 2.24) is 9.97 Å². The zero-order valence-electron chi connectivity index (χ0n) is 16.0. The predicted molar refractivity (Wildman–Crippen MR) is 110 cm³/mol. The van der Waals surface area contributed by atoms with Gasteiger partial charge in [0, 0.05) is 5.56 Å². The second-order valence-corrected chi connectivity index (χ2v) is 6.96. The van der Waals surface area contributed by atoms with E-state index in [1.54, 1.807) is 7.11 Å². The number of methoxy groups -OCH3 is 2. The van der Waals surface area contributed by atoms with Gasteiger partial charge in [-0.1, -0.05) is 31.9 Å². The van der Waals surface area contributed by atoms with Crippen LogP contribution in [0.5, 0.6) is 5.75 Å². The highest BCUT2D eigenvalue weighted by Gasteiger charge is 2.24. The van der Waals surface area contributed by atoms with Crippen molar-refractivity contribution in [3.8, 4) is 16.9 Å². The van der Waals surface area contributed by atoms with Crippen molar-refractivity contribution in [2.75, 3.05) is 19.5 Å². The van der Waals surface area contributed by atoms with Crippen LogP contribution in [0, 0.1) is 0 Å². The molecule has 1 aromatic carbocycles. The van der Waals surface area contributed by atoms with Crippen LogP contribution in [0.1, 0.15) is 26.2 Å². The zero-order valence-corrected chi connectivity index (χ0v) is 17.6. The quantitative estimate of drug-likeness (QED) is 0.495. The summed E-state index contributed by atoms with van der Waals surface area (Å²) in [4.78, 5) is 20.8. The van der Waals surface area contributed by atoms with Crippen LogP contribution in [-0.2, 0) is 9.53 Å². The van der Waals surface area contributed by atoms with Crippen LogP contribution < -0.4 is 10.1 Å². The maximum atomic E-state index is 12.2. The van der Waals surface area contributed by atoms with Gasteiger partial charge in [0.25, 0.3) is 0 Å². The Balaban J connectivity index is 2.06. The fraction of sp³-hybridized carbons (Fsp3) is 0.350. The first kappa shape index (κ1) is 20.1. The van der Waals surface area contributed by atoms with Gasteiger partial charge in [0.15, 0.2) is 4.67 Å². The van der Waals surface area contributed by atoms with Crippen LogP contribution >= 0.6 is 15.9 Å². The number of unbranched alkanes of at least 4 members (excludes halogenated alkanes) is 1. The Kier molecular flexibility index (Phi) is 6.51. The molecule has 1 atom stereocenters. The lowest BCUT2D eigenvalue weighted by Gasteiger charge is -2.17. The monoisotopic (exact) mass is 447 g/mol. The summed E-state index contributed by atoms with van der Waals surface area (Å²) >= 11 is 3.48. The van der Waals surface area contributed by atoms with E-state index in [2.05, 4.69) is 38.1 Å². The van der Waals surface area contributed by atoms with Gasteiger partial charge in [0.2, 0.25) is 5.71 Å². The summed E-state index contributed by atoms with van der Waals surface area (Å²) in [6.07, 6.45) is 3.92. The third-order valence-corrected chi connectivity index (χ3v) is 5.03. The number of ether oxygens (including phenoxy) is 2. The molecule has 0 spiro atoms. The molecule has 8 heteroatoms. The molecule has 0 radical (unpaired) electrons. The highest BCUT2D eigenvalue weighted by molar-refractivity contribution is 9.10. The standard InChI is InChI=1S/C20H22BrN3O4/c1-4-5-6-14(20(25)27-3)24-18-16-15(12-7-9-13(26-2)10-8-12)17(21)28-19(16)23-11-22-18/h7-11,14H,4-6H2,1-3H3,(H,22,23,24). The maximum absolute atomic E-state index is 12.2. The molecule has 2 heterocycles. The van der Waals surface area contributed by atoms with Gasteiger partial charge < -0.3 is 19.2 Å². The molecule has 3 aromatic rings. The number of hydrogen-bond donors (Lipinski definition) is 1. The van der Waals surface area contributed by atoms with E-state index in [-0.39, 0.29) is 5.97 Å². The molecule has 0 aliphatic rings. The molecule has 28 heavy (non-hydrogen) atoms. The van der Waals surface area contributed by atoms with Crippen LogP contribution in [0.25, 0.3) is 22.2 Å². The van der Waals surface area contributed by atoms with Gasteiger partial charge in [0.1, 0.15) is 23.9 Å². The van der Waals surface area contributed by atoms with Crippen molar-refractivity contribution >= 4 is 38.8 Å². The fourth-order valence-electron chi connectivity index (χ4n) is 3.00. The average molecular weight is 448 g/mol. The zero-order chi connectivity index (χ0) is 20.1. The van der Waals surface area contributed by atoms with Gasteiger partial charge in [-0.15, -0.1) is 0 Å². The molecule has 0 saturated heterocycles. The van der Waals surface area contributed by atoms with E-state index < -0.39 is 6.04 Å². The number of carbonyl (C=O) groups excluding carboxylic acids is 1. The topological polar surface area (TPSA) is 86.5 Å². The Morgan fingerprint density at radius 3 is 2.64 bits per heavy atom. The number of esters is 1. The second-order valence-electron chi connectivity index (χ2n) is 6.24. The number of nitrogens with zero attached hydrogens (tertiary/aromatic N) is 2. The molecule has 148 valence electrons. The fourth-order valence-corrected chi connectivity index (χ4v) is 3.58. The van der Waals surface area contributed by atoms with Crippen molar-refractivity contribution in [1.29, 1.82) is 0 Å². The summed E-state index contributed by atoms with van der Waals surface area (Å²) < 4.78 is 16.5. The Morgan fingerprint density at radius 1 is 1.25 bits per heavy atom. The maximum Gasteiger partial charge on any atom is 0.328 e. The lowest BCUT2D eigenvalue weighted by molar-refractivity contribution is -0.141. The number of aromatic nitrogens is 2. The van der Waals surface area contributed by atoms with E-state index in [0.29, 0.717) is 28.0 Å². The van der Waals surface area contributed by atoms with Crippen molar-refractivity contribution in [2.24, 2.45) is 0 Å². The van der Waals surface area contributed by atoms with E-state index >= 15 is 0 Å². The lowest BCUT2D eigenvalue weighted by atomic mass is 10.1. The second kappa shape index (κ2) is 9.05. The Morgan fingerprint density at radius 2 is 2.00 bits per heavy atom. The van der Waals surface area contributed by atoms with Crippen LogP contribution in [-0.4, -0.2) is 36.2 Å². The molecule has 7 nitrogen and oxygen atoms in total. The molecule has 2 aromatic heterocycles. The van der Waals surface area contributed by atoms with E-state index in [4.69, 9.17) is 13.9 Å². The molecule has 0 amide bonds. The van der Waals surface area contributed by atoms with Crippen molar-refractivity contribution in [3.05, 3.63) is 35.3 Å². The number of hydrogen-bond acceptors (Lipinski definition) is 7. The highest BCUT2D eigenvalue weighted by atomic mass is 79.9. The van der Waals surface area contributed by atoms with Gasteiger partial charge in [-0.25, -0.2) is 14.8 Å². The van der Waals surface area contributed by atoms with Gasteiger partial charge in [-0.3, -0.25) is 0 Å². The number of halogens is 1. The van der Waals surface area contributed by atoms with E-state index in [0.717, 1.165) is 29.7 Å². The first-order chi connectivity index (χ1) is 13.6. The summed E-state index contributed by atoms with van der Waals surface area (Å²) in [6.45, 7) is 2.08. The molecule has 0 aliphatic carbocycles. The van der Waals surface area contributed by atoms with E-state index in [1.807, 2.05) is 24.3 Å². The van der Waals surface area contributed by atoms with Crippen molar-refractivity contribution in [2.45, 2.75) is 32.2 Å². The van der Waals surface area contributed by atoms with E-state index in [9.17, 15) is 4.79 Å². The number of furan rings is 1. The minimum absolute atomic E-state index is 0.325. The van der Waals surface area contributed by atoms with Crippen molar-refractivity contribution < 1.29 is 18.7 Å². The molecule has 1 unspecified atom stereocenters. The third kappa shape index (κ3) is 4.11. The molecule has 0 bridgehead atoms. The van der Waals surface area contributed by atoms with Crippen LogP contribution in [0.15, 0.2) is 39.7 Å². The van der Waals surface area contributed by atoms with Gasteiger partial charge >= 0.3 is 5.97 Å². The van der Waals surface area contributed by atoms with Gasteiger partial charge in [0.05, 0.1) is 19.6 Å². The molecule has 0 saturated carbocycles. The van der Waals surface area contributed by atoms with Crippen LogP contribution in [0.4, 0.5) is 5.82 Å². The first-order valence-electron chi connectivity index (χ1n) is 9.00. The molecular formula is C20H22BrN3O4. The number of fused-ring (bicyclic) bond motifs is 1. The third-order valence-electron chi connectivity index (χ3n) is 4.47. The lowest BCUT2D eigenvalue weighted by Crippen LogP contribution is -2.31. The average Bonchev–Trinajstić information content (AvgIpc) is 3.07. The predicted octanol–water partition coefficient (Wildman–Crippen LogP) is 4.80. The van der Waals surface area contributed by atoms with Gasteiger partial charge in [-0.2, -0.15) is 0 Å². The summed E-state index contributed by atoms with van der Waals surface area (Å²) in [5, 5.41) is 3.92. The number of nitrogens with one attached hydrogen (secondary N) is 1. The van der Waals surface area contributed by atoms with Crippen LogP contribution in [0.2, 0.25) is 0 Å². The molecule has 3 rings (SSSR count).